The number of aliphatic hydroxyl groups is 1. The summed E-state index contributed by atoms with van der Waals surface area (Å²) in [7, 11) is 0. The second-order valence-corrected chi connectivity index (χ2v) is 5.93. The van der Waals surface area contributed by atoms with E-state index in [1.165, 1.54) is 38.5 Å². The van der Waals surface area contributed by atoms with E-state index >= 15 is 0 Å². The number of unbranched alkanes of at least 4 members (excludes halogenated alkanes) is 3. The molecule has 18 heavy (non-hydrogen) atoms. The molecule has 2 atom stereocenters. The maximum Gasteiger partial charge on any atom is 0.0557 e. The minimum absolute atomic E-state index is 0.157. The summed E-state index contributed by atoms with van der Waals surface area (Å²) >= 11 is 0. The maximum absolute atomic E-state index is 10.1. The second-order valence-electron chi connectivity index (χ2n) is 5.93. The van der Waals surface area contributed by atoms with Crippen LogP contribution in [0, 0.1) is 5.92 Å². The van der Waals surface area contributed by atoms with Crippen LogP contribution < -0.4 is 5.73 Å². The molecule has 0 aromatic heterocycles. The Morgan fingerprint density at radius 1 is 0.944 bits per heavy atom. The highest BCUT2D eigenvalue weighted by atomic mass is 16.3. The molecular weight excluding hydrogens is 222 g/mol. The fourth-order valence-corrected chi connectivity index (χ4v) is 2.94. The number of hydrogen-bond acceptors (Lipinski definition) is 2. The Balaban J connectivity index is 4.71. The van der Waals surface area contributed by atoms with Gasteiger partial charge in [-0.1, -0.05) is 59.3 Å². The summed E-state index contributed by atoms with van der Waals surface area (Å²) in [6.07, 6.45) is 9.98. The topological polar surface area (TPSA) is 46.2 Å². The van der Waals surface area contributed by atoms with Crippen LogP contribution in [-0.4, -0.2) is 16.7 Å². The van der Waals surface area contributed by atoms with Gasteiger partial charge in [-0.3, -0.25) is 0 Å². The van der Waals surface area contributed by atoms with Crippen molar-refractivity contribution < 1.29 is 5.11 Å². The lowest BCUT2D eigenvalue weighted by Crippen LogP contribution is -2.51. The van der Waals surface area contributed by atoms with E-state index in [-0.39, 0.29) is 17.6 Å². The highest BCUT2D eigenvalue weighted by Gasteiger charge is 2.35. The van der Waals surface area contributed by atoms with Crippen LogP contribution in [0.5, 0.6) is 0 Å². The van der Waals surface area contributed by atoms with Crippen molar-refractivity contribution in [2.75, 3.05) is 0 Å². The molecule has 0 saturated carbocycles. The highest BCUT2D eigenvalue weighted by molar-refractivity contribution is 4.93. The Kier molecular flexibility index (Phi) is 9.76. The van der Waals surface area contributed by atoms with Crippen LogP contribution in [0.25, 0.3) is 0 Å². The Bertz CT molecular complexity index is 184. The second kappa shape index (κ2) is 9.80. The van der Waals surface area contributed by atoms with Crippen LogP contribution >= 0.6 is 0 Å². The van der Waals surface area contributed by atoms with Crippen molar-refractivity contribution in [3.05, 3.63) is 0 Å². The molecular formula is C16H35NO. The van der Waals surface area contributed by atoms with Gasteiger partial charge in [0.1, 0.15) is 0 Å². The molecule has 110 valence electrons. The summed E-state index contributed by atoms with van der Waals surface area (Å²) < 4.78 is 0. The van der Waals surface area contributed by atoms with E-state index < -0.39 is 0 Å². The molecule has 0 bridgehead atoms. The molecule has 2 unspecified atom stereocenters. The number of nitrogens with two attached hydrogens (primary N) is 1. The van der Waals surface area contributed by atoms with Crippen LogP contribution in [-0.2, 0) is 0 Å². The van der Waals surface area contributed by atoms with Crippen molar-refractivity contribution in [1.82, 2.24) is 0 Å². The lowest BCUT2D eigenvalue weighted by Gasteiger charge is -2.40. The quantitative estimate of drug-likeness (QED) is 0.581. The van der Waals surface area contributed by atoms with Crippen molar-refractivity contribution >= 4 is 0 Å². The smallest absolute Gasteiger partial charge is 0.0557 e. The van der Waals surface area contributed by atoms with Crippen molar-refractivity contribution in [3.8, 4) is 0 Å². The Hall–Kier alpha value is -0.0800. The monoisotopic (exact) mass is 257 g/mol. The molecule has 0 heterocycles. The van der Waals surface area contributed by atoms with Crippen molar-refractivity contribution in [2.45, 2.75) is 97.1 Å². The average Bonchev–Trinajstić information content (AvgIpc) is 2.34. The van der Waals surface area contributed by atoms with Gasteiger partial charge in [0.05, 0.1) is 6.10 Å². The van der Waals surface area contributed by atoms with Crippen molar-refractivity contribution in [1.29, 1.82) is 0 Å². The van der Waals surface area contributed by atoms with Gasteiger partial charge in [0.15, 0.2) is 0 Å². The van der Waals surface area contributed by atoms with Crippen LogP contribution in [0.15, 0.2) is 0 Å². The van der Waals surface area contributed by atoms with E-state index in [4.69, 9.17) is 5.73 Å². The van der Waals surface area contributed by atoms with Gasteiger partial charge >= 0.3 is 0 Å². The van der Waals surface area contributed by atoms with Gasteiger partial charge in [0.25, 0.3) is 0 Å². The molecule has 0 aliphatic rings. The third-order valence-electron chi connectivity index (χ3n) is 4.18. The fraction of sp³-hybridized carbons (Fsp3) is 1.00. The van der Waals surface area contributed by atoms with Crippen LogP contribution in [0.3, 0.4) is 0 Å². The predicted molar refractivity (Wildman–Crippen MR) is 80.7 cm³/mol. The molecule has 2 heteroatoms. The van der Waals surface area contributed by atoms with E-state index in [0.29, 0.717) is 0 Å². The summed E-state index contributed by atoms with van der Waals surface area (Å²) in [4.78, 5) is 0. The average molecular weight is 257 g/mol. The van der Waals surface area contributed by atoms with Gasteiger partial charge in [-0.15, -0.1) is 0 Å². The first-order valence-electron chi connectivity index (χ1n) is 7.98. The summed E-state index contributed by atoms with van der Waals surface area (Å²) in [6, 6.07) is 0. The van der Waals surface area contributed by atoms with Crippen molar-refractivity contribution in [2.24, 2.45) is 11.7 Å². The molecule has 0 spiro atoms. The van der Waals surface area contributed by atoms with Crippen LogP contribution in [0.1, 0.15) is 85.5 Å². The Morgan fingerprint density at radius 3 is 1.72 bits per heavy atom. The zero-order chi connectivity index (χ0) is 14.0. The standard InChI is InChI=1S/C16H35NO/c1-5-8-11-15(14(4)18)16(17,12-9-6-2)13-10-7-3/h14-15,18H,5-13,17H2,1-4H3. The third-order valence-corrected chi connectivity index (χ3v) is 4.18. The molecule has 0 amide bonds. The van der Waals surface area contributed by atoms with Gasteiger partial charge in [-0.05, 0) is 26.2 Å². The van der Waals surface area contributed by atoms with E-state index in [1.54, 1.807) is 0 Å². The lowest BCUT2D eigenvalue weighted by molar-refractivity contribution is 0.0542. The molecule has 0 radical (unpaired) electrons. The molecule has 0 aromatic carbocycles. The highest BCUT2D eigenvalue weighted by Crippen LogP contribution is 2.33. The number of rotatable bonds is 11. The van der Waals surface area contributed by atoms with E-state index in [0.717, 1.165) is 19.3 Å². The third kappa shape index (κ3) is 6.19. The Morgan fingerprint density at radius 2 is 1.39 bits per heavy atom. The van der Waals surface area contributed by atoms with E-state index in [2.05, 4.69) is 20.8 Å². The van der Waals surface area contributed by atoms with Gasteiger partial charge in [-0.25, -0.2) is 0 Å². The normalized spacial score (nSPS) is 15.7. The molecule has 0 rings (SSSR count). The minimum atomic E-state index is -0.282. The van der Waals surface area contributed by atoms with Gasteiger partial charge < -0.3 is 10.8 Å². The van der Waals surface area contributed by atoms with Gasteiger partial charge in [0, 0.05) is 11.5 Å². The van der Waals surface area contributed by atoms with Crippen LogP contribution in [0.4, 0.5) is 0 Å². The van der Waals surface area contributed by atoms with Crippen LogP contribution in [0.2, 0.25) is 0 Å². The predicted octanol–water partition coefficient (Wildman–Crippen LogP) is 4.25. The van der Waals surface area contributed by atoms with E-state index in [9.17, 15) is 5.11 Å². The zero-order valence-electron chi connectivity index (χ0n) is 13.0. The number of aliphatic hydroxyl groups excluding tert-OH is 1. The minimum Gasteiger partial charge on any atom is -0.393 e. The lowest BCUT2D eigenvalue weighted by atomic mass is 9.72. The van der Waals surface area contributed by atoms with E-state index in [1.807, 2.05) is 6.92 Å². The maximum atomic E-state index is 10.1. The summed E-state index contributed by atoms with van der Waals surface area (Å²) in [5.41, 5.74) is 6.54. The fourth-order valence-electron chi connectivity index (χ4n) is 2.94. The Labute approximate surface area is 114 Å². The van der Waals surface area contributed by atoms with Gasteiger partial charge in [-0.2, -0.15) is 0 Å². The molecule has 0 aromatic rings. The molecule has 0 aliphatic carbocycles. The zero-order valence-corrected chi connectivity index (χ0v) is 13.0. The van der Waals surface area contributed by atoms with Gasteiger partial charge in [0.2, 0.25) is 0 Å². The first kappa shape index (κ1) is 17.9. The molecule has 0 aliphatic heterocycles. The van der Waals surface area contributed by atoms with Crippen molar-refractivity contribution in [3.63, 3.8) is 0 Å². The molecule has 0 saturated heterocycles. The molecule has 3 N–H and O–H groups in total. The first-order chi connectivity index (χ1) is 8.51. The number of hydrogen-bond donors (Lipinski definition) is 2. The SMILES string of the molecule is CCCCC(C(C)O)C(N)(CCCC)CCCC. The summed E-state index contributed by atoms with van der Waals surface area (Å²) in [6.45, 7) is 8.54. The summed E-state index contributed by atoms with van der Waals surface area (Å²) in [5.74, 6) is 0.260. The largest absolute Gasteiger partial charge is 0.393 e. The first-order valence-corrected chi connectivity index (χ1v) is 7.98. The molecule has 2 nitrogen and oxygen atoms in total. The summed E-state index contributed by atoms with van der Waals surface area (Å²) in [5, 5.41) is 10.1. The molecule has 0 fully saturated rings.